The van der Waals surface area contributed by atoms with Crippen molar-refractivity contribution in [3.63, 3.8) is 0 Å². The average Bonchev–Trinajstić information content (AvgIpc) is 2.80. The molecule has 0 aliphatic heterocycles. The van der Waals surface area contributed by atoms with E-state index in [1.165, 1.54) is 6.08 Å². The van der Waals surface area contributed by atoms with Crippen molar-refractivity contribution >= 4 is 12.0 Å². The molecule has 0 heterocycles. The van der Waals surface area contributed by atoms with Crippen molar-refractivity contribution in [2.75, 3.05) is 13.7 Å². The number of aliphatic hydroxyl groups is 1. The van der Waals surface area contributed by atoms with Gasteiger partial charge in [-0.2, -0.15) is 0 Å². The standard InChI is InChI=1S/C30H42O4/c1-7-22(2)9-15-26-29(4)19-8-18-28(3,25(29)17-20-30(26,5)32)21-34-27(31)16-12-23-10-13-24(33-6)14-11-23/h7,10-14,16,25-26,32H,1-2,8-9,15,17-21H2,3-6H3. The second-order valence-electron chi connectivity index (χ2n) is 11.1. The second-order valence-corrected chi connectivity index (χ2v) is 11.1. The number of carbonyl (C=O) groups excluding carboxylic acids is 1. The molecule has 5 unspecified atom stereocenters. The molecule has 3 rings (SSSR count). The lowest BCUT2D eigenvalue weighted by molar-refractivity contribution is -0.185. The zero-order valence-electron chi connectivity index (χ0n) is 21.4. The molecule has 0 aromatic heterocycles. The molecule has 1 aromatic carbocycles. The Morgan fingerprint density at radius 1 is 1.18 bits per heavy atom. The number of hydrogen-bond acceptors (Lipinski definition) is 4. The minimum Gasteiger partial charge on any atom is -0.497 e. The molecule has 4 nitrogen and oxygen atoms in total. The highest BCUT2D eigenvalue weighted by molar-refractivity contribution is 5.87. The molecule has 1 aromatic rings. The Balaban J connectivity index is 1.69. The Morgan fingerprint density at radius 2 is 1.88 bits per heavy atom. The lowest BCUT2D eigenvalue weighted by atomic mass is 9.45. The van der Waals surface area contributed by atoms with Gasteiger partial charge in [0.1, 0.15) is 5.75 Å². The summed E-state index contributed by atoms with van der Waals surface area (Å²) >= 11 is 0. The summed E-state index contributed by atoms with van der Waals surface area (Å²) in [5.41, 5.74) is 1.16. The number of esters is 1. The minimum absolute atomic E-state index is 0.00153. The van der Waals surface area contributed by atoms with Gasteiger partial charge in [0.2, 0.25) is 0 Å². The molecule has 0 spiro atoms. The molecule has 0 amide bonds. The quantitative estimate of drug-likeness (QED) is 0.248. The molecule has 2 saturated carbocycles. The van der Waals surface area contributed by atoms with E-state index in [0.29, 0.717) is 12.5 Å². The summed E-state index contributed by atoms with van der Waals surface area (Å²) in [6, 6.07) is 7.55. The van der Waals surface area contributed by atoms with Crippen molar-refractivity contribution in [1.82, 2.24) is 0 Å². The van der Waals surface area contributed by atoms with E-state index in [1.54, 1.807) is 13.2 Å². The molecule has 4 heteroatoms. The predicted molar refractivity (Wildman–Crippen MR) is 138 cm³/mol. The maximum Gasteiger partial charge on any atom is 0.330 e. The third-order valence-electron chi connectivity index (χ3n) is 8.70. The molecule has 2 aliphatic rings. The van der Waals surface area contributed by atoms with Crippen molar-refractivity contribution in [2.24, 2.45) is 22.7 Å². The fourth-order valence-electron chi connectivity index (χ4n) is 6.84. The molecule has 0 saturated heterocycles. The lowest BCUT2D eigenvalue weighted by Crippen LogP contribution is -2.59. The second kappa shape index (κ2) is 10.5. The topological polar surface area (TPSA) is 55.8 Å². The van der Waals surface area contributed by atoms with Crippen LogP contribution in [0.5, 0.6) is 5.75 Å². The van der Waals surface area contributed by atoms with E-state index in [9.17, 15) is 9.90 Å². The van der Waals surface area contributed by atoms with Gasteiger partial charge < -0.3 is 14.6 Å². The van der Waals surface area contributed by atoms with Crippen LogP contribution in [0.1, 0.15) is 71.3 Å². The van der Waals surface area contributed by atoms with Gasteiger partial charge in [0, 0.05) is 11.5 Å². The van der Waals surface area contributed by atoms with Gasteiger partial charge in [0.05, 0.1) is 19.3 Å². The van der Waals surface area contributed by atoms with E-state index in [4.69, 9.17) is 9.47 Å². The van der Waals surface area contributed by atoms with E-state index in [2.05, 4.69) is 27.0 Å². The molecule has 34 heavy (non-hydrogen) atoms. The van der Waals surface area contributed by atoms with Crippen molar-refractivity contribution < 1.29 is 19.4 Å². The molecule has 186 valence electrons. The predicted octanol–water partition coefficient (Wildman–Crippen LogP) is 6.75. The van der Waals surface area contributed by atoms with E-state index < -0.39 is 5.60 Å². The fraction of sp³-hybridized carbons (Fsp3) is 0.567. The number of hydrogen-bond donors (Lipinski definition) is 1. The first-order valence-electron chi connectivity index (χ1n) is 12.6. The van der Waals surface area contributed by atoms with Crippen molar-refractivity contribution in [1.29, 1.82) is 0 Å². The van der Waals surface area contributed by atoms with Crippen molar-refractivity contribution in [3.8, 4) is 5.75 Å². The van der Waals surface area contributed by atoms with Gasteiger partial charge >= 0.3 is 5.97 Å². The first-order valence-corrected chi connectivity index (χ1v) is 12.6. The highest BCUT2D eigenvalue weighted by atomic mass is 16.5. The third-order valence-corrected chi connectivity index (χ3v) is 8.70. The minimum atomic E-state index is -0.692. The van der Waals surface area contributed by atoms with Gasteiger partial charge in [-0.05, 0) is 86.5 Å². The van der Waals surface area contributed by atoms with E-state index in [1.807, 2.05) is 37.3 Å². The van der Waals surface area contributed by atoms with Crippen LogP contribution in [-0.2, 0) is 9.53 Å². The van der Waals surface area contributed by atoms with Crippen LogP contribution in [0.15, 0.2) is 55.1 Å². The average molecular weight is 467 g/mol. The van der Waals surface area contributed by atoms with Gasteiger partial charge in [-0.1, -0.05) is 57.2 Å². The summed E-state index contributed by atoms with van der Waals surface area (Å²) in [4.78, 5) is 12.5. The van der Waals surface area contributed by atoms with Crippen LogP contribution in [0, 0.1) is 22.7 Å². The first-order chi connectivity index (χ1) is 16.0. The zero-order chi connectivity index (χ0) is 25.0. The SMILES string of the molecule is C=CC(=C)CCC1C(C)(O)CCC2C(C)(COC(=O)C=Cc3ccc(OC)cc3)CCCC12C. The van der Waals surface area contributed by atoms with Gasteiger partial charge in [-0.3, -0.25) is 0 Å². The van der Waals surface area contributed by atoms with Crippen LogP contribution in [-0.4, -0.2) is 30.4 Å². The van der Waals surface area contributed by atoms with Crippen LogP contribution in [0.25, 0.3) is 6.08 Å². The molecule has 2 fully saturated rings. The van der Waals surface area contributed by atoms with Gasteiger partial charge in [-0.25, -0.2) is 4.79 Å². The van der Waals surface area contributed by atoms with Crippen LogP contribution in [0.3, 0.4) is 0 Å². The number of carbonyl (C=O) groups is 1. The summed E-state index contributed by atoms with van der Waals surface area (Å²) in [6.45, 7) is 15.0. The normalized spacial score (nSPS) is 33.2. The molecule has 5 atom stereocenters. The van der Waals surface area contributed by atoms with Gasteiger partial charge in [0.15, 0.2) is 0 Å². The summed E-state index contributed by atoms with van der Waals surface area (Å²) in [5, 5.41) is 11.4. The summed E-state index contributed by atoms with van der Waals surface area (Å²) < 4.78 is 11.0. The Hall–Kier alpha value is -2.33. The van der Waals surface area contributed by atoms with E-state index in [0.717, 1.165) is 61.8 Å². The largest absolute Gasteiger partial charge is 0.497 e. The summed E-state index contributed by atoms with van der Waals surface area (Å²) in [5.74, 6) is 1.05. The zero-order valence-corrected chi connectivity index (χ0v) is 21.4. The smallest absolute Gasteiger partial charge is 0.330 e. The first kappa shape index (κ1) is 26.3. The summed E-state index contributed by atoms with van der Waals surface area (Å²) in [7, 11) is 1.63. The molecule has 1 N–H and O–H groups in total. The number of fused-ring (bicyclic) bond motifs is 1. The van der Waals surface area contributed by atoms with E-state index in [-0.39, 0.29) is 22.7 Å². The number of allylic oxidation sites excluding steroid dienone is 2. The van der Waals surface area contributed by atoms with Crippen LogP contribution in [0.4, 0.5) is 0 Å². The van der Waals surface area contributed by atoms with Gasteiger partial charge in [-0.15, -0.1) is 0 Å². The molecule has 2 aliphatic carbocycles. The highest BCUT2D eigenvalue weighted by Crippen LogP contribution is 2.63. The van der Waals surface area contributed by atoms with Crippen LogP contribution < -0.4 is 4.74 Å². The molecular weight excluding hydrogens is 424 g/mol. The maximum absolute atomic E-state index is 12.5. The molecule has 0 radical (unpaired) electrons. The molecule has 0 bridgehead atoms. The third kappa shape index (κ3) is 5.66. The Bertz CT molecular complexity index is 912. The van der Waals surface area contributed by atoms with E-state index >= 15 is 0 Å². The maximum atomic E-state index is 12.5. The fourth-order valence-corrected chi connectivity index (χ4v) is 6.84. The Morgan fingerprint density at radius 3 is 2.53 bits per heavy atom. The number of ether oxygens (including phenoxy) is 2. The molecular formula is C30H42O4. The Labute approximate surface area is 205 Å². The van der Waals surface area contributed by atoms with Gasteiger partial charge in [0.25, 0.3) is 0 Å². The van der Waals surface area contributed by atoms with Crippen LogP contribution >= 0.6 is 0 Å². The lowest BCUT2D eigenvalue weighted by Gasteiger charge is -2.61. The highest BCUT2D eigenvalue weighted by Gasteiger charge is 2.59. The van der Waals surface area contributed by atoms with Crippen LogP contribution in [0.2, 0.25) is 0 Å². The number of methoxy groups -OCH3 is 1. The Kier molecular flexibility index (Phi) is 8.13. The van der Waals surface area contributed by atoms with Crippen molar-refractivity contribution in [2.45, 2.75) is 71.3 Å². The number of benzene rings is 1. The number of rotatable bonds is 9. The monoisotopic (exact) mass is 466 g/mol. The van der Waals surface area contributed by atoms with Crippen molar-refractivity contribution in [3.05, 3.63) is 60.7 Å². The summed E-state index contributed by atoms with van der Waals surface area (Å²) in [6.07, 6.45) is 11.8.